The van der Waals surface area contributed by atoms with E-state index >= 15 is 0 Å². The van der Waals surface area contributed by atoms with Gasteiger partial charge in [-0.05, 0) is 42.2 Å². The molecule has 1 aromatic carbocycles. The van der Waals surface area contributed by atoms with Gasteiger partial charge < -0.3 is 9.84 Å². The van der Waals surface area contributed by atoms with Crippen molar-refractivity contribution >= 4 is 0 Å². The van der Waals surface area contributed by atoms with Crippen LogP contribution in [-0.2, 0) is 11.2 Å². The Bertz CT molecular complexity index is 455. The molecule has 3 atom stereocenters. The topological polar surface area (TPSA) is 29.5 Å². The van der Waals surface area contributed by atoms with Gasteiger partial charge >= 0.3 is 0 Å². The molecule has 0 radical (unpaired) electrons. The monoisotopic (exact) mass is 290 g/mol. The number of benzene rings is 1. The van der Waals surface area contributed by atoms with Gasteiger partial charge in [0.2, 0.25) is 0 Å². The first-order valence-corrected chi connectivity index (χ1v) is 8.29. The van der Waals surface area contributed by atoms with E-state index in [1.165, 1.54) is 12.0 Å². The summed E-state index contributed by atoms with van der Waals surface area (Å²) in [7, 11) is 1.75. The first kappa shape index (κ1) is 16.5. The van der Waals surface area contributed by atoms with Gasteiger partial charge in [-0.25, -0.2) is 0 Å². The molecule has 0 aromatic heterocycles. The second-order valence-electron chi connectivity index (χ2n) is 7.22. The van der Waals surface area contributed by atoms with Crippen LogP contribution in [0.1, 0.15) is 63.7 Å². The Labute approximate surface area is 129 Å². The molecule has 2 heteroatoms. The summed E-state index contributed by atoms with van der Waals surface area (Å²) < 4.78 is 5.84. The van der Waals surface area contributed by atoms with Crippen molar-refractivity contribution < 1.29 is 9.84 Å². The highest BCUT2D eigenvalue weighted by atomic mass is 16.5. The van der Waals surface area contributed by atoms with Crippen LogP contribution in [0.15, 0.2) is 24.3 Å². The summed E-state index contributed by atoms with van der Waals surface area (Å²) in [5.74, 6) is 1.25. The third-order valence-electron chi connectivity index (χ3n) is 4.81. The van der Waals surface area contributed by atoms with Crippen LogP contribution in [0, 0.1) is 11.8 Å². The molecule has 1 fully saturated rings. The molecule has 21 heavy (non-hydrogen) atoms. The van der Waals surface area contributed by atoms with Crippen LogP contribution in [0.4, 0.5) is 0 Å². The molecule has 0 amide bonds. The van der Waals surface area contributed by atoms with E-state index in [1.807, 2.05) is 6.07 Å². The summed E-state index contributed by atoms with van der Waals surface area (Å²) in [6.07, 6.45) is 4.79. The highest BCUT2D eigenvalue weighted by Crippen LogP contribution is 2.43. The molecule has 3 unspecified atom stereocenters. The maximum absolute atomic E-state index is 10.9. The summed E-state index contributed by atoms with van der Waals surface area (Å²) in [5.41, 5.74) is 1.90. The minimum absolute atomic E-state index is 0.409. The van der Waals surface area contributed by atoms with Gasteiger partial charge in [0.25, 0.3) is 0 Å². The molecule has 1 aromatic rings. The van der Waals surface area contributed by atoms with Crippen LogP contribution in [0.5, 0.6) is 0 Å². The highest BCUT2D eigenvalue weighted by Gasteiger charge is 2.42. The number of aliphatic hydroxyl groups excluding tert-OH is 1. The standard InChI is InChI=1S/C19H30O2/c1-14(2)11-16-8-5-9-17(12-16)18(20)19(21-4)10-6-7-15(3)13-19/h5,8-9,12,14-15,18,20H,6-7,10-11,13H2,1-4H3. The van der Waals surface area contributed by atoms with E-state index < -0.39 is 11.7 Å². The largest absolute Gasteiger partial charge is 0.385 e. The van der Waals surface area contributed by atoms with Crippen LogP contribution >= 0.6 is 0 Å². The number of methoxy groups -OCH3 is 1. The molecule has 2 nitrogen and oxygen atoms in total. The lowest BCUT2D eigenvalue weighted by Crippen LogP contribution is -2.42. The van der Waals surface area contributed by atoms with Gasteiger partial charge in [0.1, 0.15) is 6.10 Å². The molecule has 0 heterocycles. The second-order valence-corrected chi connectivity index (χ2v) is 7.22. The van der Waals surface area contributed by atoms with Crippen molar-refractivity contribution in [3.8, 4) is 0 Å². The average molecular weight is 290 g/mol. The molecule has 1 N–H and O–H groups in total. The Kier molecular flexibility index (Phi) is 5.45. The maximum Gasteiger partial charge on any atom is 0.108 e. The van der Waals surface area contributed by atoms with Crippen LogP contribution in [0.25, 0.3) is 0 Å². The van der Waals surface area contributed by atoms with E-state index in [9.17, 15) is 5.11 Å². The van der Waals surface area contributed by atoms with Gasteiger partial charge in [-0.15, -0.1) is 0 Å². The van der Waals surface area contributed by atoms with Gasteiger partial charge in [-0.2, -0.15) is 0 Å². The molecule has 1 aliphatic rings. The number of hydrogen-bond donors (Lipinski definition) is 1. The first-order valence-electron chi connectivity index (χ1n) is 8.29. The lowest BCUT2D eigenvalue weighted by atomic mass is 9.74. The van der Waals surface area contributed by atoms with Crippen molar-refractivity contribution in [3.05, 3.63) is 35.4 Å². The van der Waals surface area contributed by atoms with Gasteiger partial charge in [0, 0.05) is 7.11 Å². The van der Waals surface area contributed by atoms with E-state index in [0.717, 1.165) is 31.2 Å². The van der Waals surface area contributed by atoms with E-state index in [4.69, 9.17) is 4.74 Å². The van der Waals surface area contributed by atoms with E-state index in [2.05, 4.69) is 39.0 Å². The third-order valence-corrected chi connectivity index (χ3v) is 4.81. The molecule has 0 saturated heterocycles. The first-order chi connectivity index (χ1) is 9.97. The molecule has 0 spiro atoms. The normalized spacial score (nSPS) is 27.8. The summed E-state index contributed by atoms with van der Waals surface area (Å²) >= 11 is 0. The Morgan fingerprint density at radius 1 is 1.38 bits per heavy atom. The zero-order chi connectivity index (χ0) is 15.5. The van der Waals surface area contributed by atoms with E-state index in [-0.39, 0.29) is 0 Å². The van der Waals surface area contributed by atoms with Crippen LogP contribution < -0.4 is 0 Å². The SMILES string of the molecule is COC1(C(O)c2cccc(CC(C)C)c2)CCCC(C)C1. The Balaban J connectivity index is 2.22. The van der Waals surface area contributed by atoms with Crippen LogP contribution in [0.3, 0.4) is 0 Å². The quantitative estimate of drug-likeness (QED) is 0.864. The minimum Gasteiger partial charge on any atom is -0.385 e. The fraction of sp³-hybridized carbons (Fsp3) is 0.684. The van der Waals surface area contributed by atoms with E-state index in [1.54, 1.807) is 7.11 Å². The summed E-state index contributed by atoms with van der Waals surface area (Å²) in [4.78, 5) is 0. The van der Waals surface area contributed by atoms with Gasteiger partial charge in [0.05, 0.1) is 5.60 Å². The molecule has 0 aliphatic heterocycles. The molecule has 0 bridgehead atoms. The van der Waals surface area contributed by atoms with Gasteiger partial charge in [0.15, 0.2) is 0 Å². The zero-order valence-corrected chi connectivity index (χ0v) is 13.9. The fourth-order valence-electron chi connectivity index (χ4n) is 3.75. The zero-order valence-electron chi connectivity index (χ0n) is 13.9. The Morgan fingerprint density at radius 3 is 2.76 bits per heavy atom. The van der Waals surface area contributed by atoms with Crippen LogP contribution in [0.2, 0.25) is 0 Å². The summed E-state index contributed by atoms with van der Waals surface area (Å²) in [5, 5.41) is 10.9. The lowest BCUT2D eigenvalue weighted by molar-refractivity contribution is -0.134. The molecule has 1 saturated carbocycles. The molecule has 2 rings (SSSR count). The smallest absolute Gasteiger partial charge is 0.108 e. The second kappa shape index (κ2) is 6.93. The van der Waals surface area contributed by atoms with Crippen molar-refractivity contribution in [3.63, 3.8) is 0 Å². The summed E-state index contributed by atoms with van der Waals surface area (Å²) in [6, 6.07) is 8.41. The van der Waals surface area contributed by atoms with Crippen molar-refractivity contribution in [2.45, 2.75) is 64.6 Å². The van der Waals surface area contributed by atoms with Crippen molar-refractivity contribution in [2.24, 2.45) is 11.8 Å². The molecule has 1 aliphatic carbocycles. The predicted molar refractivity (Wildman–Crippen MR) is 87.3 cm³/mol. The molecule has 118 valence electrons. The van der Waals surface area contributed by atoms with Gasteiger partial charge in [-0.1, -0.05) is 57.9 Å². The maximum atomic E-state index is 10.9. The minimum atomic E-state index is -0.530. The number of aliphatic hydroxyl groups is 1. The lowest BCUT2D eigenvalue weighted by Gasteiger charge is -2.42. The highest BCUT2D eigenvalue weighted by molar-refractivity contribution is 5.27. The summed E-state index contributed by atoms with van der Waals surface area (Å²) in [6.45, 7) is 6.71. The predicted octanol–water partition coefficient (Wildman–Crippen LogP) is 4.51. The number of hydrogen-bond acceptors (Lipinski definition) is 2. The van der Waals surface area contributed by atoms with Gasteiger partial charge in [-0.3, -0.25) is 0 Å². The Hall–Kier alpha value is -0.860. The van der Waals surface area contributed by atoms with Crippen molar-refractivity contribution in [2.75, 3.05) is 7.11 Å². The number of ether oxygens (including phenoxy) is 1. The van der Waals surface area contributed by atoms with Crippen LogP contribution in [-0.4, -0.2) is 17.8 Å². The number of rotatable bonds is 5. The molecular weight excluding hydrogens is 260 g/mol. The van der Waals surface area contributed by atoms with E-state index in [0.29, 0.717) is 11.8 Å². The third kappa shape index (κ3) is 3.87. The van der Waals surface area contributed by atoms with Crippen molar-refractivity contribution in [1.29, 1.82) is 0 Å². The Morgan fingerprint density at radius 2 is 2.14 bits per heavy atom. The molecular formula is C19H30O2. The fourth-order valence-corrected chi connectivity index (χ4v) is 3.75. The average Bonchev–Trinajstić information content (AvgIpc) is 2.46. The van der Waals surface area contributed by atoms with Crippen molar-refractivity contribution in [1.82, 2.24) is 0 Å².